The van der Waals surface area contributed by atoms with Gasteiger partial charge in [0.05, 0.1) is 4.47 Å². The van der Waals surface area contributed by atoms with Gasteiger partial charge >= 0.3 is 11.8 Å². The molecular formula is C22H21BrF2N2O2. The van der Waals surface area contributed by atoms with Gasteiger partial charge in [-0.1, -0.05) is 42.5 Å². The highest BCUT2D eigenvalue weighted by Crippen LogP contribution is 2.34. The van der Waals surface area contributed by atoms with Crippen molar-refractivity contribution in [2.45, 2.75) is 25.7 Å². The zero-order chi connectivity index (χ0) is 20.9. The number of hydrogen-bond donors (Lipinski definition) is 2. The van der Waals surface area contributed by atoms with Gasteiger partial charge in [-0.3, -0.25) is 9.59 Å². The van der Waals surface area contributed by atoms with Crippen molar-refractivity contribution in [2.24, 2.45) is 5.41 Å². The maximum Gasteiger partial charge on any atom is 0.313 e. The summed E-state index contributed by atoms with van der Waals surface area (Å²) in [5.74, 6) is -3.98. The summed E-state index contributed by atoms with van der Waals surface area (Å²) in [6.45, 7) is 0.258. The van der Waals surface area contributed by atoms with E-state index < -0.39 is 29.1 Å². The summed E-state index contributed by atoms with van der Waals surface area (Å²) < 4.78 is 27.8. The summed E-state index contributed by atoms with van der Waals surface area (Å²) in [5, 5.41) is 4.65. The average Bonchev–Trinajstić information content (AvgIpc) is 2.73. The molecule has 0 bridgehead atoms. The van der Waals surface area contributed by atoms with E-state index in [2.05, 4.69) is 33.4 Å². The third-order valence-electron chi connectivity index (χ3n) is 5.01. The number of hydrogen-bond acceptors (Lipinski definition) is 2. The molecule has 0 saturated heterocycles. The fourth-order valence-electron chi connectivity index (χ4n) is 3.50. The molecule has 2 aromatic rings. The predicted molar refractivity (Wildman–Crippen MR) is 111 cm³/mol. The molecule has 0 saturated carbocycles. The van der Waals surface area contributed by atoms with Crippen LogP contribution in [-0.2, 0) is 16.0 Å². The Morgan fingerprint density at radius 1 is 1.07 bits per heavy atom. The number of anilines is 1. The van der Waals surface area contributed by atoms with Gasteiger partial charge in [0.2, 0.25) is 0 Å². The minimum absolute atomic E-state index is 0.0104. The number of benzene rings is 2. The maximum atomic E-state index is 14.0. The van der Waals surface area contributed by atoms with E-state index in [1.807, 2.05) is 35.6 Å². The molecule has 1 unspecified atom stereocenters. The summed E-state index contributed by atoms with van der Waals surface area (Å²) >= 11 is 2.93. The van der Waals surface area contributed by atoms with Gasteiger partial charge in [-0.05, 0) is 59.3 Å². The molecule has 0 radical (unpaired) electrons. The fraction of sp³-hybridized carbons (Fsp3) is 0.273. The first-order chi connectivity index (χ1) is 13.9. The van der Waals surface area contributed by atoms with Gasteiger partial charge in [0, 0.05) is 12.0 Å². The van der Waals surface area contributed by atoms with Crippen molar-refractivity contribution in [3.8, 4) is 0 Å². The van der Waals surface area contributed by atoms with Crippen LogP contribution in [0.15, 0.2) is 59.1 Å². The molecule has 2 N–H and O–H groups in total. The Hall–Kier alpha value is -2.54. The van der Waals surface area contributed by atoms with Gasteiger partial charge in [0.1, 0.15) is 11.5 Å². The molecule has 0 aliphatic heterocycles. The highest BCUT2D eigenvalue weighted by Gasteiger charge is 2.30. The Morgan fingerprint density at radius 3 is 2.52 bits per heavy atom. The first-order valence-electron chi connectivity index (χ1n) is 9.34. The summed E-state index contributed by atoms with van der Waals surface area (Å²) in [7, 11) is 0. The molecule has 7 heteroatoms. The van der Waals surface area contributed by atoms with Crippen molar-refractivity contribution < 1.29 is 18.4 Å². The van der Waals surface area contributed by atoms with Crippen LogP contribution in [0.1, 0.15) is 24.8 Å². The van der Waals surface area contributed by atoms with Crippen LogP contribution >= 0.6 is 15.9 Å². The van der Waals surface area contributed by atoms with E-state index in [0.29, 0.717) is 0 Å². The Balaban J connectivity index is 1.67. The number of amides is 2. The first-order valence-corrected chi connectivity index (χ1v) is 10.1. The van der Waals surface area contributed by atoms with E-state index in [1.165, 1.54) is 6.07 Å². The number of allylic oxidation sites excluding steroid dienone is 1. The van der Waals surface area contributed by atoms with Crippen LogP contribution in [0.25, 0.3) is 0 Å². The molecule has 0 fully saturated rings. The van der Waals surface area contributed by atoms with Gasteiger partial charge in [-0.25, -0.2) is 8.78 Å². The monoisotopic (exact) mass is 462 g/mol. The predicted octanol–water partition coefficient (Wildman–Crippen LogP) is 4.75. The zero-order valence-corrected chi connectivity index (χ0v) is 17.3. The van der Waals surface area contributed by atoms with Gasteiger partial charge in [0.25, 0.3) is 0 Å². The lowest BCUT2D eigenvalue weighted by Crippen LogP contribution is -2.43. The number of halogens is 3. The lowest BCUT2D eigenvalue weighted by Gasteiger charge is -2.33. The lowest BCUT2D eigenvalue weighted by molar-refractivity contribution is -0.136. The second-order valence-corrected chi connectivity index (χ2v) is 8.03. The van der Waals surface area contributed by atoms with Crippen molar-refractivity contribution in [1.29, 1.82) is 0 Å². The van der Waals surface area contributed by atoms with Gasteiger partial charge in [0.15, 0.2) is 5.82 Å². The number of carbonyl (C=O) groups is 2. The van der Waals surface area contributed by atoms with Crippen molar-refractivity contribution in [2.75, 3.05) is 11.9 Å². The van der Waals surface area contributed by atoms with Crippen LogP contribution in [0, 0.1) is 17.0 Å². The maximum absolute atomic E-state index is 14.0. The minimum Gasteiger partial charge on any atom is -0.347 e. The van der Waals surface area contributed by atoms with Crippen LogP contribution in [0.2, 0.25) is 0 Å². The highest BCUT2D eigenvalue weighted by atomic mass is 79.9. The highest BCUT2D eigenvalue weighted by molar-refractivity contribution is 9.10. The molecule has 0 heterocycles. The molecule has 152 valence electrons. The average molecular weight is 463 g/mol. The summed E-state index contributed by atoms with van der Waals surface area (Å²) in [5.41, 5.74) is 0.175. The molecule has 1 aliphatic carbocycles. The molecule has 1 atom stereocenters. The van der Waals surface area contributed by atoms with E-state index in [4.69, 9.17) is 0 Å². The quantitative estimate of drug-likeness (QED) is 0.382. The summed E-state index contributed by atoms with van der Waals surface area (Å²) in [4.78, 5) is 24.5. The van der Waals surface area contributed by atoms with Crippen molar-refractivity contribution in [3.05, 3.63) is 76.3 Å². The molecule has 0 aromatic heterocycles. The third kappa shape index (κ3) is 5.29. The summed E-state index contributed by atoms with van der Waals surface area (Å²) in [6, 6.07) is 12.1. The van der Waals surface area contributed by atoms with Crippen molar-refractivity contribution in [1.82, 2.24) is 5.32 Å². The smallest absolute Gasteiger partial charge is 0.313 e. The number of carbonyl (C=O) groups excluding carboxylic acids is 2. The van der Waals surface area contributed by atoms with Crippen LogP contribution in [-0.4, -0.2) is 18.4 Å². The Labute approximate surface area is 176 Å². The third-order valence-corrected chi connectivity index (χ3v) is 5.62. The zero-order valence-electron chi connectivity index (χ0n) is 15.7. The Bertz CT molecular complexity index is 934. The summed E-state index contributed by atoms with van der Waals surface area (Å²) in [6.07, 6.45) is 7.74. The molecule has 2 amide bonds. The van der Waals surface area contributed by atoms with E-state index >= 15 is 0 Å². The van der Waals surface area contributed by atoms with Crippen LogP contribution in [0.3, 0.4) is 0 Å². The second kappa shape index (κ2) is 9.31. The SMILES string of the molecule is O=C(NCC1(Cc2ccccc2)C=CCCC1)C(=O)Nc1c(F)ccc(Br)c1F. The second-order valence-electron chi connectivity index (χ2n) is 7.17. The molecule has 1 aliphatic rings. The van der Waals surface area contributed by atoms with Gasteiger partial charge in [-0.2, -0.15) is 0 Å². The molecule has 3 rings (SSSR count). The number of nitrogens with one attached hydrogen (secondary N) is 2. The molecule has 2 aromatic carbocycles. The van der Waals surface area contributed by atoms with Crippen LogP contribution < -0.4 is 10.6 Å². The van der Waals surface area contributed by atoms with E-state index in [0.717, 1.165) is 37.3 Å². The van der Waals surface area contributed by atoms with E-state index in [9.17, 15) is 18.4 Å². The fourth-order valence-corrected chi connectivity index (χ4v) is 3.83. The molecular weight excluding hydrogens is 442 g/mol. The lowest BCUT2D eigenvalue weighted by atomic mass is 9.74. The first kappa shape index (κ1) is 21.2. The molecule has 0 spiro atoms. The molecule has 4 nitrogen and oxygen atoms in total. The van der Waals surface area contributed by atoms with Crippen LogP contribution in [0.4, 0.5) is 14.5 Å². The Kier molecular flexibility index (Phi) is 6.79. The standard InChI is InChI=1S/C22H21BrF2N2O2/c23-16-9-10-17(24)19(18(16)25)27-21(29)20(28)26-14-22(11-5-2-6-12-22)13-15-7-3-1-4-8-15/h1,3-5,7-11H,2,6,12-14H2,(H,26,28)(H,27,29). The number of rotatable bonds is 5. The Morgan fingerprint density at radius 2 is 1.83 bits per heavy atom. The van der Waals surface area contributed by atoms with Gasteiger partial charge in [-0.15, -0.1) is 0 Å². The van der Waals surface area contributed by atoms with Gasteiger partial charge < -0.3 is 10.6 Å². The minimum atomic E-state index is -1.12. The van der Waals surface area contributed by atoms with E-state index in [1.54, 1.807) is 0 Å². The van der Waals surface area contributed by atoms with Crippen LogP contribution in [0.5, 0.6) is 0 Å². The van der Waals surface area contributed by atoms with Crippen molar-refractivity contribution in [3.63, 3.8) is 0 Å². The molecule has 29 heavy (non-hydrogen) atoms. The largest absolute Gasteiger partial charge is 0.347 e. The van der Waals surface area contributed by atoms with E-state index in [-0.39, 0.29) is 16.4 Å². The topological polar surface area (TPSA) is 58.2 Å². The normalized spacial score (nSPS) is 18.3. The van der Waals surface area contributed by atoms with Crippen molar-refractivity contribution >= 4 is 33.4 Å².